The van der Waals surface area contributed by atoms with E-state index in [1.54, 1.807) is 17.0 Å². The van der Waals surface area contributed by atoms with Gasteiger partial charge in [0.25, 0.3) is 0 Å². The predicted molar refractivity (Wildman–Crippen MR) is 177 cm³/mol. The Kier molecular flexibility index (Phi) is 9.28. The number of hydrogen-bond acceptors (Lipinski definition) is 7. The van der Waals surface area contributed by atoms with E-state index in [0.29, 0.717) is 42.3 Å². The number of aliphatic hydroxyl groups is 1. The van der Waals surface area contributed by atoms with Crippen LogP contribution in [0.1, 0.15) is 25.0 Å². The summed E-state index contributed by atoms with van der Waals surface area (Å²) in [7, 11) is 2.04. The van der Waals surface area contributed by atoms with Gasteiger partial charge in [-0.2, -0.15) is 0 Å². The number of hydrogen-bond donors (Lipinski definition) is 3. The third-order valence-corrected chi connectivity index (χ3v) is 8.59. The fraction of sp³-hybridized carbons (Fsp3) is 0.333. The van der Waals surface area contributed by atoms with E-state index in [-0.39, 0.29) is 43.8 Å². The van der Waals surface area contributed by atoms with Gasteiger partial charge in [-0.3, -0.25) is 9.69 Å². The summed E-state index contributed by atoms with van der Waals surface area (Å²) in [5.74, 6) is 1.95. The number of aliphatic hydroxyl groups excluding tert-OH is 1. The number of carbonyl (C=O) groups is 2. The molecule has 2 aliphatic heterocycles. The van der Waals surface area contributed by atoms with Crippen LogP contribution in [0.15, 0.2) is 78.9 Å². The molecular formula is C36H40N4O6. The maximum absolute atomic E-state index is 13.6. The minimum Gasteiger partial charge on any atom is -0.488 e. The second-order valence-electron chi connectivity index (χ2n) is 12.2. The van der Waals surface area contributed by atoms with Crippen molar-refractivity contribution in [3.8, 4) is 17.2 Å². The van der Waals surface area contributed by atoms with E-state index < -0.39 is 6.03 Å². The molecule has 4 aromatic carbocycles. The number of nitrogens with one attached hydrogen (secondary N) is 2. The summed E-state index contributed by atoms with van der Waals surface area (Å²) in [6.07, 6.45) is -0.183. The van der Waals surface area contributed by atoms with Gasteiger partial charge in [-0.25, -0.2) is 4.79 Å². The highest BCUT2D eigenvalue weighted by molar-refractivity contribution is 6.06. The van der Waals surface area contributed by atoms with Gasteiger partial charge >= 0.3 is 6.03 Å². The number of carbonyl (C=O) groups excluding carboxylic acids is 2. The highest BCUT2D eigenvalue weighted by Gasteiger charge is 2.31. The average molecular weight is 625 g/mol. The number of amides is 3. The number of likely N-dealkylation sites (N-methyl/N-ethyl adjacent to an activating group) is 1. The molecule has 0 bridgehead atoms. The fourth-order valence-corrected chi connectivity index (χ4v) is 6.07. The van der Waals surface area contributed by atoms with Crippen molar-refractivity contribution in [3.63, 3.8) is 0 Å². The summed E-state index contributed by atoms with van der Waals surface area (Å²) < 4.78 is 17.7. The Hall–Kier alpha value is -4.80. The Morgan fingerprint density at radius 2 is 1.78 bits per heavy atom. The van der Waals surface area contributed by atoms with E-state index in [2.05, 4.69) is 22.5 Å². The molecular weight excluding hydrogens is 584 g/mol. The zero-order valence-corrected chi connectivity index (χ0v) is 26.4. The number of nitrogens with zero attached hydrogens (tertiary/aromatic N) is 2. The van der Waals surface area contributed by atoms with Gasteiger partial charge in [-0.15, -0.1) is 0 Å². The molecule has 10 nitrogen and oxygen atoms in total. The van der Waals surface area contributed by atoms with Crippen molar-refractivity contribution in [2.75, 3.05) is 44.2 Å². The van der Waals surface area contributed by atoms with E-state index in [1.807, 2.05) is 80.7 Å². The summed E-state index contributed by atoms with van der Waals surface area (Å²) in [5.41, 5.74) is 3.00. The summed E-state index contributed by atoms with van der Waals surface area (Å²) in [6.45, 7) is 5.71. The molecule has 0 fully saturated rings. The molecule has 3 atom stereocenters. The molecule has 46 heavy (non-hydrogen) atoms. The lowest BCUT2D eigenvalue weighted by atomic mass is 10.0. The van der Waals surface area contributed by atoms with Crippen LogP contribution in [0.4, 0.5) is 16.2 Å². The molecule has 6 rings (SSSR count). The van der Waals surface area contributed by atoms with Gasteiger partial charge in [0.2, 0.25) is 12.7 Å². The molecule has 0 aromatic heterocycles. The first-order valence-electron chi connectivity index (χ1n) is 15.6. The van der Waals surface area contributed by atoms with Crippen LogP contribution in [0, 0.1) is 5.92 Å². The van der Waals surface area contributed by atoms with Crippen molar-refractivity contribution < 1.29 is 28.9 Å². The first kappa shape index (κ1) is 31.2. The SMILES string of the molecule is C[C@H](CO)N1C[C@H](C)[C@@H](CN(C)Cc2ccc3c(c2)OCO3)Oc2ccc(NC(=O)Nc3cccc4ccccc34)cc2CC1=O. The molecule has 0 spiro atoms. The average Bonchev–Trinajstić information content (AvgIpc) is 3.53. The molecule has 3 amide bonds. The smallest absolute Gasteiger partial charge is 0.323 e. The Balaban J connectivity index is 1.21. The third-order valence-electron chi connectivity index (χ3n) is 8.59. The molecule has 3 N–H and O–H groups in total. The van der Waals surface area contributed by atoms with Gasteiger partial charge in [0.1, 0.15) is 11.9 Å². The van der Waals surface area contributed by atoms with Crippen molar-refractivity contribution >= 4 is 34.1 Å². The fourth-order valence-electron chi connectivity index (χ4n) is 6.07. The van der Waals surface area contributed by atoms with Crippen LogP contribution in [-0.4, -0.2) is 72.5 Å². The minimum atomic E-state index is -0.390. The monoisotopic (exact) mass is 624 g/mol. The zero-order chi connectivity index (χ0) is 32.2. The number of anilines is 2. The highest BCUT2D eigenvalue weighted by atomic mass is 16.7. The Labute approximate surface area is 268 Å². The molecule has 0 saturated heterocycles. The van der Waals surface area contributed by atoms with Gasteiger partial charge in [0, 0.05) is 42.2 Å². The van der Waals surface area contributed by atoms with E-state index >= 15 is 0 Å². The van der Waals surface area contributed by atoms with Gasteiger partial charge < -0.3 is 34.9 Å². The molecule has 240 valence electrons. The molecule has 2 heterocycles. The van der Waals surface area contributed by atoms with Crippen molar-refractivity contribution in [2.24, 2.45) is 5.92 Å². The van der Waals surface area contributed by atoms with E-state index in [4.69, 9.17) is 14.2 Å². The quantitative estimate of drug-likeness (QED) is 0.238. The minimum absolute atomic E-state index is 0.0348. The lowest BCUT2D eigenvalue weighted by Gasteiger charge is -2.34. The van der Waals surface area contributed by atoms with Crippen LogP contribution in [0.5, 0.6) is 17.2 Å². The summed E-state index contributed by atoms with van der Waals surface area (Å²) >= 11 is 0. The van der Waals surface area contributed by atoms with Gasteiger partial charge in [0.15, 0.2) is 11.5 Å². The van der Waals surface area contributed by atoms with Gasteiger partial charge in [0.05, 0.1) is 24.8 Å². The molecule has 4 aromatic rings. The molecule has 0 unspecified atom stereocenters. The second kappa shape index (κ2) is 13.7. The van der Waals surface area contributed by atoms with Crippen LogP contribution in [0.2, 0.25) is 0 Å². The van der Waals surface area contributed by atoms with Gasteiger partial charge in [-0.1, -0.05) is 49.4 Å². The Bertz CT molecular complexity index is 1720. The van der Waals surface area contributed by atoms with Gasteiger partial charge in [-0.05, 0) is 61.3 Å². The topological polar surface area (TPSA) is 113 Å². The van der Waals surface area contributed by atoms with Crippen molar-refractivity contribution in [2.45, 2.75) is 39.0 Å². The molecule has 0 radical (unpaired) electrons. The maximum atomic E-state index is 13.6. The lowest BCUT2D eigenvalue weighted by molar-refractivity contribution is -0.134. The van der Waals surface area contributed by atoms with Crippen LogP contribution in [0.3, 0.4) is 0 Å². The van der Waals surface area contributed by atoms with Crippen LogP contribution in [0.25, 0.3) is 10.8 Å². The van der Waals surface area contributed by atoms with E-state index in [0.717, 1.165) is 27.8 Å². The molecule has 0 saturated carbocycles. The first-order valence-corrected chi connectivity index (χ1v) is 15.6. The van der Waals surface area contributed by atoms with Crippen LogP contribution < -0.4 is 24.8 Å². The summed E-state index contributed by atoms with van der Waals surface area (Å²) in [5, 5.41) is 17.8. The summed E-state index contributed by atoms with van der Waals surface area (Å²) in [4.78, 5) is 30.6. The lowest BCUT2D eigenvalue weighted by Crippen LogP contribution is -2.47. The van der Waals surface area contributed by atoms with Crippen molar-refractivity contribution in [1.29, 1.82) is 0 Å². The van der Waals surface area contributed by atoms with E-state index in [9.17, 15) is 14.7 Å². The largest absolute Gasteiger partial charge is 0.488 e. The van der Waals surface area contributed by atoms with Crippen LogP contribution >= 0.6 is 0 Å². The maximum Gasteiger partial charge on any atom is 0.323 e. The number of fused-ring (bicyclic) bond motifs is 3. The number of urea groups is 1. The molecule has 2 aliphatic rings. The first-order chi connectivity index (χ1) is 22.3. The standard InChI is InChI=1S/C36H40N4O6/c1-23-18-40(24(2)21-41)35(42)17-27-16-28(37-36(43)38-30-10-6-8-26-7-4-5-9-29(26)30)12-14-31(27)46-34(23)20-39(3)19-25-11-13-32-33(15-25)45-22-44-32/h4-16,23-24,34,41H,17-22H2,1-3H3,(H2,37,38,43)/t23-,24+,34+/m0/s1. The number of ether oxygens (including phenoxy) is 3. The Morgan fingerprint density at radius 1 is 1.00 bits per heavy atom. The van der Waals surface area contributed by atoms with Crippen molar-refractivity contribution in [1.82, 2.24) is 9.80 Å². The normalized spacial score (nSPS) is 18.3. The number of benzene rings is 4. The molecule has 10 heteroatoms. The van der Waals surface area contributed by atoms with Crippen molar-refractivity contribution in [3.05, 3.63) is 90.0 Å². The summed E-state index contributed by atoms with van der Waals surface area (Å²) in [6, 6.07) is 24.2. The van der Waals surface area contributed by atoms with E-state index in [1.165, 1.54) is 0 Å². The zero-order valence-electron chi connectivity index (χ0n) is 26.4. The molecule has 0 aliphatic carbocycles. The van der Waals surface area contributed by atoms with Crippen LogP contribution in [-0.2, 0) is 17.8 Å². The second-order valence-corrected chi connectivity index (χ2v) is 12.2. The Morgan fingerprint density at radius 3 is 2.63 bits per heavy atom. The highest BCUT2D eigenvalue weighted by Crippen LogP contribution is 2.33. The number of rotatable bonds is 8. The predicted octanol–water partition coefficient (Wildman–Crippen LogP) is 5.49. The third kappa shape index (κ3) is 7.03.